The van der Waals surface area contributed by atoms with Crippen molar-refractivity contribution in [3.63, 3.8) is 0 Å². The number of aromatic nitrogens is 3. The van der Waals surface area contributed by atoms with Crippen molar-refractivity contribution >= 4 is 44.1 Å². The third kappa shape index (κ3) is 4.65. The van der Waals surface area contributed by atoms with Gasteiger partial charge in [0.25, 0.3) is 0 Å². The van der Waals surface area contributed by atoms with Gasteiger partial charge >= 0.3 is 0 Å². The summed E-state index contributed by atoms with van der Waals surface area (Å²) in [5.74, 6) is 0. The van der Waals surface area contributed by atoms with Crippen LogP contribution in [0, 0.1) is 6.92 Å². The molecule has 5 aromatic rings. The number of thiazole rings is 1. The fourth-order valence-corrected chi connectivity index (χ4v) is 5.78. The topological polar surface area (TPSA) is 80.4 Å². The van der Waals surface area contributed by atoms with Crippen LogP contribution in [0.1, 0.15) is 38.0 Å². The zero-order valence-corrected chi connectivity index (χ0v) is 22.4. The zero-order chi connectivity index (χ0) is 25.8. The Morgan fingerprint density at radius 3 is 2.39 bits per heavy atom. The number of benzene rings is 3. The van der Waals surface area contributed by atoms with Crippen LogP contribution in [-0.4, -0.2) is 36.9 Å². The maximum absolute atomic E-state index is 10.4. The monoisotopic (exact) mass is 521 g/mol. The first-order valence-corrected chi connectivity index (χ1v) is 12.9. The molecule has 8 heteroatoms. The lowest BCUT2D eigenvalue weighted by Crippen LogP contribution is -2.30. The molecule has 5 rings (SSSR count). The van der Waals surface area contributed by atoms with Crippen LogP contribution in [0.25, 0.3) is 42.8 Å². The summed E-state index contributed by atoms with van der Waals surface area (Å²) in [4.78, 5) is 4.99. The molecule has 2 heterocycles. The lowest BCUT2D eigenvalue weighted by atomic mass is 9.91. The highest BCUT2D eigenvalue weighted by molar-refractivity contribution is 7.22. The highest BCUT2D eigenvalue weighted by atomic mass is 35.5. The number of hydrogen-bond donors (Lipinski definition) is 2. The van der Waals surface area contributed by atoms with Gasteiger partial charge in [0.05, 0.1) is 27.5 Å². The molecule has 0 unspecified atom stereocenters. The summed E-state index contributed by atoms with van der Waals surface area (Å²) < 4.78 is 8.99. The van der Waals surface area contributed by atoms with Gasteiger partial charge in [0.15, 0.2) is 6.29 Å². The SMILES string of the molecule is Cc1cc2nc(-c3ccc4cnn(C)c4c3)sc2c(-c2ccc(Cl)cc2)c1[C@H](OC(C)(C)C)C(O)O. The summed E-state index contributed by atoms with van der Waals surface area (Å²) in [5.41, 5.74) is 5.65. The van der Waals surface area contributed by atoms with Gasteiger partial charge in [0.1, 0.15) is 11.1 Å². The molecule has 0 aliphatic heterocycles. The minimum atomic E-state index is -1.70. The fraction of sp³-hybridized carbons (Fsp3) is 0.286. The Kier molecular flexibility index (Phi) is 6.39. The molecule has 3 aromatic carbocycles. The van der Waals surface area contributed by atoms with Crippen LogP contribution in [0.3, 0.4) is 0 Å². The molecule has 6 nitrogen and oxygen atoms in total. The normalized spacial score (nSPS) is 13.2. The number of fused-ring (bicyclic) bond motifs is 2. The minimum absolute atomic E-state index is 0.593. The van der Waals surface area contributed by atoms with Crippen LogP contribution in [0.4, 0.5) is 0 Å². The largest absolute Gasteiger partial charge is 0.366 e. The van der Waals surface area contributed by atoms with Crippen LogP contribution in [0.5, 0.6) is 0 Å². The number of hydrogen-bond acceptors (Lipinski definition) is 6. The van der Waals surface area contributed by atoms with Gasteiger partial charge < -0.3 is 14.9 Å². The number of ether oxygens (including phenoxy) is 1. The van der Waals surface area contributed by atoms with Gasteiger partial charge in [0, 0.05) is 28.6 Å². The molecule has 0 amide bonds. The molecule has 0 fully saturated rings. The van der Waals surface area contributed by atoms with Gasteiger partial charge in [-0.2, -0.15) is 5.10 Å². The van der Waals surface area contributed by atoms with Gasteiger partial charge in [-0.15, -0.1) is 11.3 Å². The maximum atomic E-state index is 10.4. The van der Waals surface area contributed by atoms with E-state index in [1.165, 1.54) is 0 Å². The Labute approximate surface area is 218 Å². The quantitative estimate of drug-likeness (QED) is 0.253. The van der Waals surface area contributed by atoms with E-state index in [0.29, 0.717) is 5.02 Å². The molecule has 36 heavy (non-hydrogen) atoms. The Morgan fingerprint density at radius 2 is 1.72 bits per heavy atom. The molecule has 0 aliphatic carbocycles. The predicted molar refractivity (Wildman–Crippen MR) is 146 cm³/mol. The van der Waals surface area contributed by atoms with E-state index < -0.39 is 18.0 Å². The van der Waals surface area contributed by atoms with E-state index in [9.17, 15) is 10.2 Å². The van der Waals surface area contributed by atoms with Gasteiger partial charge in [-0.1, -0.05) is 35.9 Å². The molecular formula is C28H28ClN3O3S. The smallest absolute Gasteiger partial charge is 0.182 e. The predicted octanol–water partition coefficient (Wildman–Crippen LogP) is 6.65. The number of nitrogens with zero attached hydrogens (tertiary/aromatic N) is 3. The third-order valence-electron chi connectivity index (χ3n) is 6.09. The average Bonchev–Trinajstić information content (AvgIpc) is 3.40. The maximum Gasteiger partial charge on any atom is 0.182 e. The molecule has 0 spiro atoms. The molecule has 0 saturated heterocycles. The Balaban J connectivity index is 1.78. The third-order valence-corrected chi connectivity index (χ3v) is 7.48. The summed E-state index contributed by atoms with van der Waals surface area (Å²) in [6, 6.07) is 15.8. The molecule has 2 N–H and O–H groups in total. The van der Waals surface area contributed by atoms with E-state index in [0.717, 1.165) is 53.9 Å². The molecule has 186 valence electrons. The van der Waals surface area contributed by atoms with Crippen molar-refractivity contribution < 1.29 is 14.9 Å². The molecule has 0 saturated carbocycles. The fourth-order valence-electron chi connectivity index (χ4n) is 4.53. The van der Waals surface area contributed by atoms with Gasteiger partial charge in [-0.3, -0.25) is 4.68 Å². The second kappa shape index (κ2) is 9.25. The summed E-state index contributed by atoms with van der Waals surface area (Å²) in [7, 11) is 1.92. The summed E-state index contributed by atoms with van der Waals surface area (Å²) in [6.07, 6.45) is -0.802. The van der Waals surface area contributed by atoms with E-state index in [4.69, 9.17) is 21.3 Å². The van der Waals surface area contributed by atoms with Crippen LogP contribution in [0.15, 0.2) is 54.7 Å². The standard InChI is InChI=1S/C28H28ClN3O3S/c1-15-12-20-25(36-26(31-20)17-6-7-18-14-30-32(5)21(18)13-17)23(16-8-10-19(29)11-9-16)22(15)24(27(33)34)35-28(2,3)4/h6-14,24,27,33-34H,1-5H3/t24-/m0/s1. The second-order valence-corrected chi connectivity index (χ2v) is 11.4. The van der Waals surface area contributed by atoms with E-state index in [1.807, 2.05) is 76.0 Å². The van der Waals surface area contributed by atoms with E-state index in [2.05, 4.69) is 23.3 Å². The number of rotatable bonds is 5. The lowest BCUT2D eigenvalue weighted by molar-refractivity contribution is -0.185. The first kappa shape index (κ1) is 24.9. The second-order valence-electron chi connectivity index (χ2n) is 9.96. The lowest BCUT2D eigenvalue weighted by Gasteiger charge is -2.31. The Morgan fingerprint density at radius 1 is 1.03 bits per heavy atom. The number of aliphatic hydroxyl groups excluding tert-OH is 1. The van der Waals surface area contributed by atoms with Crippen LogP contribution >= 0.6 is 22.9 Å². The molecule has 2 aromatic heterocycles. The van der Waals surface area contributed by atoms with Crippen molar-refractivity contribution in [2.24, 2.45) is 7.05 Å². The van der Waals surface area contributed by atoms with E-state index in [1.54, 1.807) is 11.3 Å². The van der Waals surface area contributed by atoms with Gasteiger partial charge in [-0.25, -0.2) is 4.98 Å². The van der Waals surface area contributed by atoms with Crippen molar-refractivity contribution in [2.75, 3.05) is 0 Å². The first-order chi connectivity index (χ1) is 17.0. The van der Waals surface area contributed by atoms with Crippen molar-refractivity contribution in [1.29, 1.82) is 0 Å². The highest BCUT2D eigenvalue weighted by Gasteiger charge is 2.31. The summed E-state index contributed by atoms with van der Waals surface area (Å²) >= 11 is 7.77. The van der Waals surface area contributed by atoms with Crippen LogP contribution in [0.2, 0.25) is 5.02 Å². The highest BCUT2D eigenvalue weighted by Crippen LogP contribution is 2.45. The van der Waals surface area contributed by atoms with E-state index in [-0.39, 0.29) is 0 Å². The zero-order valence-electron chi connectivity index (χ0n) is 20.8. The Bertz CT molecular complexity index is 1570. The summed E-state index contributed by atoms with van der Waals surface area (Å²) in [6.45, 7) is 7.66. The van der Waals surface area contributed by atoms with Gasteiger partial charge in [-0.05, 0) is 68.7 Å². The van der Waals surface area contributed by atoms with Crippen molar-refractivity contribution in [1.82, 2.24) is 14.8 Å². The van der Waals surface area contributed by atoms with Gasteiger partial charge in [0.2, 0.25) is 0 Å². The minimum Gasteiger partial charge on any atom is -0.366 e. The average molecular weight is 522 g/mol. The molecule has 0 bridgehead atoms. The Hall–Kier alpha value is -2.81. The number of aliphatic hydroxyl groups is 2. The van der Waals surface area contributed by atoms with Crippen LogP contribution in [-0.2, 0) is 11.8 Å². The summed E-state index contributed by atoms with van der Waals surface area (Å²) in [5, 5.41) is 27.8. The van der Waals surface area contributed by atoms with Crippen molar-refractivity contribution in [2.45, 2.75) is 45.7 Å². The first-order valence-electron chi connectivity index (χ1n) is 11.7. The molecule has 0 aliphatic rings. The number of halogens is 1. The molecular weight excluding hydrogens is 494 g/mol. The van der Waals surface area contributed by atoms with E-state index >= 15 is 0 Å². The van der Waals surface area contributed by atoms with Crippen molar-refractivity contribution in [3.8, 4) is 21.7 Å². The molecule has 1 atom stereocenters. The van der Waals surface area contributed by atoms with Crippen molar-refractivity contribution in [3.05, 3.63) is 70.9 Å². The van der Waals surface area contributed by atoms with Crippen LogP contribution < -0.4 is 0 Å². The number of aryl methyl sites for hydroxylation is 2. The molecule has 0 radical (unpaired) electrons.